The summed E-state index contributed by atoms with van der Waals surface area (Å²) in [6.45, 7) is 2.26. The number of thioether (sulfide) groups is 1. The molecule has 0 radical (unpaired) electrons. The van der Waals surface area contributed by atoms with Gasteiger partial charge in [0.1, 0.15) is 0 Å². The first-order chi connectivity index (χ1) is 8.24. The van der Waals surface area contributed by atoms with E-state index in [4.69, 9.17) is 5.73 Å². The summed E-state index contributed by atoms with van der Waals surface area (Å²) in [5.41, 5.74) is 6.82. The molecule has 17 heavy (non-hydrogen) atoms. The molecule has 1 aromatic carbocycles. The Kier molecular flexibility index (Phi) is 7.78. The van der Waals surface area contributed by atoms with Crippen molar-refractivity contribution in [3.63, 3.8) is 0 Å². The third kappa shape index (κ3) is 6.37. The van der Waals surface area contributed by atoms with E-state index < -0.39 is 0 Å². The Morgan fingerprint density at radius 1 is 1.12 bits per heavy atom. The first-order valence-electron chi connectivity index (χ1n) is 6.42. The van der Waals surface area contributed by atoms with Gasteiger partial charge in [0.05, 0.1) is 0 Å². The van der Waals surface area contributed by atoms with Crippen molar-refractivity contribution >= 4 is 33.4 Å². The number of hydrogen-bond donors (Lipinski definition) is 1. The van der Waals surface area contributed by atoms with Crippen LogP contribution in [0.4, 0.5) is 5.69 Å². The van der Waals surface area contributed by atoms with Crippen LogP contribution in [0.1, 0.15) is 45.4 Å². The average Bonchev–Trinajstić information content (AvgIpc) is 2.32. The molecule has 0 aliphatic heterocycles. The van der Waals surface area contributed by atoms with Crippen molar-refractivity contribution in [2.24, 2.45) is 0 Å². The Labute approximate surface area is 118 Å². The van der Waals surface area contributed by atoms with Gasteiger partial charge in [-0.3, -0.25) is 0 Å². The Morgan fingerprint density at radius 2 is 1.82 bits per heavy atom. The van der Waals surface area contributed by atoms with Gasteiger partial charge in [-0.25, -0.2) is 0 Å². The molecule has 0 spiro atoms. The van der Waals surface area contributed by atoms with Crippen molar-refractivity contribution in [3.05, 3.63) is 22.7 Å². The molecule has 3 heteroatoms. The van der Waals surface area contributed by atoms with Gasteiger partial charge in [0, 0.05) is 15.1 Å². The summed E-state index contributed by atoms with van der Waals surface area (Å²) in [4.78, 5) is 1.20. The highest BCUT2D eigenvalue weighted by atomic mass is 79.9. The Morgan fingerprint density at radius 3 is 2.59 bits per heavy atom. The second-order valence-corrected chi connectivity index (χ2v) is 6.35. The predicted octanol–water partition coefficient (Wildman–Crippen LogP) is 5.48. The summed E-state index contributed by atoms with van der Waals surface area (Å²) in [6, 6.07) is 6.06. The van der Waals surface area contributed by atoms with Crippen molar-refractivity contribution in [2.75, 3.05) is 11.5 Å². The molecule has 0 bridgehead atoms. The molecule has 0 aliphatic carbocycles. The number of rotatable bonds is 8. The van der Waals surface area contributed by atoms with Gasteiger partial charge in [0.2, 0.25) is 0 Å². The summed E-state index contributed by atoms with van der Waals surface area (Å²) in [5, 5.41) is 0. The van der Waals surface area contributed by atoms with Crippen LogP contribution in [-0.2, 0) is 0 Å². The lowest BCUT2D eigenvalue weighted by atomic mass is 10.1. The van der Waals surface area contributed by atoms with E-state index in [1.54, 1.807) is 0 Å². The van der Waals surface area contributed by atoms with E-state index >= 15 is 0 Å². The maximum atomic E-state index is 5.93. The summed E-state index contributed by atoms with van der Waals surface area (Å²) in [5.74, 6) is 1.17. The third-order valence-electron chi connectivity index (χ3n) is 2.73. The van der Waals surface area contributed by atoms with Crippen LogP contribution in [0.5, 0.6) is 0 Å². The van der Waals surface area contributed by atoms with Gasteiger partial charge >= 0.3 is 0 Å². The molecule has 1 nitrogen and oxygen atoms in total. The van der Waals surface area contributed by atoms with Crippen molar-refractivity contribution in [1.82, 2.24) is 0 Å². The van der Waals surface area contributed by atoms with Gasteiger partial charge in [-0.15, -0.1) is 11.8 Å². The van der Waals surface area contributed by atoms with Crippen molar-refractivity contribution in [1.29, 1.82) is 0 Å². The fraction of sp³-hybridized carbons (Fsp3) is 0.571. The molecule has 1 rings (SSSR count). The summed E-state index contributed by atoms with van der Waals surface area (Å²) in [6.07, 6.45) is 8.11. The molecular formula is C14H22BrNS. The Balaban J connectivity index is 2.15. The second-order valence-electron chi connectivity index (χ2n) is 4.30. The number of nitrogen functional groups attached to an aromatic ring is 1. The van der Waals surface area contributed by atoms with Crippen LogP contribution in [0, 0.1) is 0 Å². The number of benzene rings is 1. The lowest BCUT2D eigenvalue weighted by Crippen LogP contribution is -1.89. The Bertz CT molecular complexity index is 328. The first-order valence-corrected chi connectivity index (χ1v) is 8.19. The van der Waals surface area contributed by atoms with E-state index in [-0.39, 0.29) is 0 Å². The lowest BCUT2D eigenvalue weighted by molar-refractivity contribution is 0.627. The summed E-state index contributed by atoms with van der Waals surface area (Å²) < 4.78 is 1.11. The SMILES string of the molecule is CCCCCCCCSc1cc(Br)ccc1N. The van der Waals surface area contributed by atoms with Crippen molar-refractivity contribution in [3.8, 4) is 0 Å². The van der Waals surface area contributed by atoms with Crippen LogP contribution >= 0.6 is 27.7 Å². The molecule has 96 valence electrons. The summed E-state index contributed by atoms with van der Waals surface area (Å²) >= 11 is 5.35. The molecule has 0 aromatic heterocycles. The largest absolute Gasteiger partial charge is 0.398 e. The molecule has 0 atom stereocenters. The van der Waals surface area contributed by atoms with Gasteiger partial charge in [-0.05, 0) is 30.4 Å². The number of anilines is 1. The van der Waals surface area contributed by atoms with Crippen LogP contribution in [0.2, 0.25) is 0 Å². The van der Waals surface area contributed by atoms with Crippen LogP contribution in [0.15, 0.2) is 27.6 Å². The first kappa shape index (κ1) is 14.9. The van der Waals surface area contributed by atoms with E-state index in [9.17, 15) is 0 Å². The molecule has 0 fully saturated rings. The maximum Gasteiger partial charge on any atom is 0.0453 e. The van der Waals surface area contributed by atoms with Gasteiger partial charge in [-0.1, -0.05) is 55.0 Å². The molecule has 0 heterocycles. The van der Waals surface area contributed by atoms with Crippen LogP contribution < -0.4 is 5.73 Å². The van der Waals surface area contributed by atoms with Crippen molar-refractivity contribution < 1.29 is 0 Å². The zero-order valence-corrected chi connectivity index (χ0v) is 12.9. The van der Waals surface area contributed by atoms with Crippen LogP contribution in [0.3, 0.4) is 0 Å². The van der Waals surface area contributed by atoms with Gasteiger partial charge < -0.3 is 5.73 Å². The normalized spacial score (nSPS) is 10.7. The zero-order chi connectivity index (χ0) is 12.5. The Hall–Kier alpha value is -0.150. The monoisotopic (exact) mass is 315 g/mol. The summed E-state index contributed by atoms with van der Waals surface area (Å²) in [7, 11) is 0. The number of unbranched alkanes of at least 4 members (excludes halogenated alkanes) is 5. The minimum Gasteiger partial charge on any atom is -0.398 e. The zero-order valence-electron chi connectivity index (χ0n) is 10.5. The minimum atomic E-state index is 0.893. The van der Waals surface area contributed by atoms with Gasteiger partial charge in [0.25, 0.3) is 0 Å². The minimum absolute atomic E-state index is 0.893. The molecular weight excluding hydrogens is 294 g/mol. The van der Waals surface area contributed by atoms with Gasteiger partial charge in [0.15, 0.2) is 0 Å². The molecule has 0 saturated heterocycles. The number of nitrogens with two attached hydrogens (primary N) is 1. The van der Waals surface area contributed by atoms with E-state index in [0.29, 0.717) is 0 Å². The van der Waals surface area contributed by atoms with Crippen LogP contribution in [0.25, 0.3) is 0 Å². The molecule has 0 saturated carbocycles. The number of halogens is 1. The molecule has 1 aromatic rings. The molecule has 0 unspecified atom stereocenters. The molecule has 0 aliphatic rings. The molecule has 2 N–H and O–H groups in total. The third-order valence-corrected chi connectivity index (χ3v) is 4.38. The topological polar surface area (TPSA) is 26.0 Å². The highest BCUT2D eigenvalue weighted by Gasteiger charge is 2.00. The fourth-order valence-corrected chi connectivity index (χ4v) is 3.22. The second kappa shape index (κ2) is 8.87. The van der Waals surface area contributed by atoms with Crippen LogP contribution in [-0.4, -0.2) is 5.75 Å². The van der Waals surface area contributed by atoms with E-state index in [0.717, 1.165) is 10.2 Å². The van der Waals surface area contributed by atoms with E-state index in [2.05, 4.69) is 28.9 Å². The smallest absolute Gasteiger partial charge is 0.0453 e. The van der Waals surface area contributed by atoms with Gasteiger partial charge in [-0.2, -0.15) is 0 Å². The average molecular weight is 316 g/mol. The fourth-order valence-electron chi connectivity index (χ4n) is 1.70. The quantitative estimate of drug-likeness (QED) is 0.390. The van der Waals surface area contributed by atoms with Crippen molar-refractivity contribution in [2.45, 2.75) is 50.3 Å². The van der Waals surface area contributed by atoms with E-state index in [1.807, 2.05) is 23.9 Å². The highest BCUT2D eigenvalue weighted by Crippen LogP contribution is 2.29. The predicted molar refractivity (Wildman–Crippen MR) is 82.7 cm³/mol. The maximum absolute atomic E-state index is 5.93. The number of hydrogen-bond acceptors (Lipinski definition) is 2. The molecule has 0 amide bonds. The van der Waals surface area contributed by atoms with E-state index in [1.165, 1.54) is 49.2 Å². The lowest BCUT2D eigenvalue weighted by Gasteiger charge is -2.06. The standard InChI is InChI=1S/C14H22BrNS/c1-2-3-4-5-6-7-10-17-14-11-12(15)8-9-13(14)16/h8-9,11H,2-7,10,16H2,1H3. The highest BCUT2D eigenvalue weighted by molar-refractivity contribution is 9.10.